The number of allylic oxidation sites excluding steroid dienone is 1. The zero-order valence-corrected chi connectivity index (χ0v) is 11.9. The first-order valence-electron chi connectivity index (χ1n) is 6.07. The van der Waals surface area contributed by atoms with E-state index in [0.717, 1.165) is 19.3 Å². The van der Waals surface area contributed by atoms with Gasteiger partial charge in [0.1, 0.15) is 5.76 Å². The number of hydrogen-bond donors (Lipinski definition) is 1. The minimum atomic E-state index is -0.728. The number of esters is 1. The van der Waals surface area contributed by atoms with Crippen molar-refractivity contribution in [2.75, 3.05) is 6.61 Å². The zero-order chi connectivity index (χ0) is 13.1. The molecule has 0 fully saturated rings. The molecular formula is C13H21CuNO3. The van der Waals surface area contributed by atoms with Crippen molar-refractivity contribution >= 4 is 5.97 Å². The zero-order valence-electron chi connectivity index (χ0n) is 11.0. The Hall–Kier alpha value is -0.981. The molecule has 1 radical (unpaired) electrons. The van der Waals surface area contributed by atoms with E-state index < -0.39 is 5.97 Å². The number of unbranched alkanes of at least 4 members (excludes halogenated alkanes) is 5. The first-order chi connectivity index (χ1) is 8.13. The fourth-order valence-electron chi connectivity index (χ4n) is 1.39. The Labute approximate surface area is 120 Å². The van der Waals surface area contributed by atoms with Crippen molar-refractivity contribution in [2.45, 2.75) is 52.4 Å². The Kier molecular flexibility index (Phi) is 13.4. The van der Waals surface area contributed by atoms with Gasteiger partial charge in [0.05, 0.1) is 13.2 Å². The maximum absolute atomic E-state index is 11.3. The summed E-state index contributed by atoms with van der Waals surface area (Å²) in [5, 5.41) is 9.05. The predicted molar refractivity (Wildman–Crippen MR) is 66.3 cm³/mol. The summed E-state index contributed by atoms with van der Waals surface area (Å²) < 4.78 is 4.89. The average Bonchev–Trinajstić information content (AvgIpc) is 2.28. The van der Waals surface area contributed by atoms with Crippen LogP contribution in [0.25, 0.3) is 4.85 Å². The van der Waals surface area contributed by atoms with Gasteiger partial charge in [-0.1, -0.05) is 39.0 Å². The predicted octanol–water partition coefficient (Wildman–Crippen LogP) is 3.60. The molecular weight excluding hydrogens is 282 g/mol. The second-order valence-corrected chi connectivity index (χ2v) is 3.95. The van der Waals surface area contributed by atoms with E-state index in [4.69, 9.17) is 16.4 Å². The molecule has 0 spiro atoms. The molecule has 0 unspecified atom stereocenters. The van der Waals surface area contributed by atoms with Gasteiger partial charge in [-0.25, -0.2) is 4.85 Å². The van der Waals surface area contributed by atoms with Crippen LogP contribution < -0.4 is 0 Å². The third kappa shape index (κ3) is 9.09. The van der Waals surface area contributed by atoms with E-state index in [1.165, 1.54) is 26.2 Å². The third-order valence-corrected chi connectivity index (χ3v) is 2.38. The smallest absolute Gasteiger partial charge is 0.339 e. The monoisotopic (exact) mass is 302 g/mol. The van der Waals surface area contributed by atoms with Gasteiger partial charge in [0, 0.05) is 17.1 Å². The number of carbonyl (C=O) groups excluding carboxylic acids is 1. The van der Waals surface area contributed by atoms with Crippen LogP contribution in [0.2, 0.25) is 0 Å². The van der Waals surface area contributed by atoms with Crippen LogP contribution in [0.5, 0.6) is 0 Å². The molecule has 0 aromatic carbocycles. The van der Waals surface area contributed by atoms with E-state index in [1.807, 2.05) is 0 Å². The molecule has 0 saturated carbocycles. The van der Waals surface area contributed by atoms with Crippen molar-refractivity contribution in [3.63, 3.8) is 0 Å². The van der Waals surface area contributed by atoms with Gasteiger partial charge in [-0.15, -0.1) is 0 Å². The number of aliphatic hydroxyl groups excluding tert-OH is 1. The molecule has 4 nitrogen and oxygen atoms in total. The van der Waals surface area contributed by atoms with E-state index >= 15 is 0 Å². The number of hydrogen-bond acceptors (Lipinski definition) is 3. The maximum Gasteiger partial charge on any atom is 0.339 e. The summed E-state index contributed by atoms with van der Waals surface area (Å²) in [6.45, 7) is 10.5. The summed E-state index contributed by atoms with van der Waals surface area (Å²) in [5.41, 5.74) is -0.323. The second kappa shape index (κ2) is 12.5. The van der Waals surface area contributed by atoms with E-state index in [1.54, 1.807) is 0 Å². The van der Waals surface area contributed by atoms with Gasteiger partial charge in [-0.3, -0.25) is 4.79 Å². The summed E-state index contributed by atoms with van der Waals surface area (Å²) in [6.07, 6.45) is 6.66. The van der Waals surface area contributed by atoms with Crippen LogP contribution in [-0.4, -0.2) is 17.7 Å². The molecule has 0 heterocycles. The van der Waals surface area contributed by atoms with Crippen molar-refractivity contribution < 1.29 is 31.7 Å². The molecule has 1 N–H and O–H groups in total. The molecule has 18 heavy (non-hydrogen) atoms. The quantitative estimate of drug-likeness (QED) is 0.186. The van der Waals surface area contributed by atoms with Gasteiger partial charge in [-0.05, 0) is 13.3 Å². The van der Waals surface area contributed by atoms with Crippen LogP contribution in [0.1, 0.15) is 52.4 Å². The molecule has 0 aliphatic rings. The van der Waals surface area contributed by atoms with Crippen LogP contribution in [0.15, 0.2) is 11.5 Å². The molecule has 0 aromatic heterocycles. The summed E-state index contributed by atoms with van der Waals surface area (Å²) in [5.74, 6) is -1.01. The first-order valence-corrected chi connectivity index (χ1v) is 6.07. The molecule has 0 rings (SSSR count). The summed E-state index contributed by atoms with van der Waals surface area (Å²) in [6, 6.07) is 0. The van der Waals surface area contributed by atoms with Crippen LogP contribution in [0.4, 0.5) is 0 Å². The van der Waals surface area contributed by atoms with Crippen molar-refractivity contribution in [1.82, 2.24) is 0 Å². The Morgan fingerprint density at radius 2 is 1.78 bits per heavy atom. The normalized spacial score (nSPS) is 10.9. The van der Waals surface area contributed by atoms with Gasteiger partial charge in [0.2, 0.25) is 0 Å². The molecule has 0 saturated heterocycles. The molecule has 0 bridgehead atoms. The number of carbonyl (C=O) groups is 1. The van der Waals surface area contributed by atoms with Gasteiger partial charge in [0.25, 0.3) is 0 Å². The van der Waals surface area contributed by atoms with Gasteiger partial charge in [0.15, 0.2) is 0 Å². The molecule has 0 aromatic rings. The van der Waals surface area contributed by atoms with Gasteiger partial charge >= 0.3 is 11.7 Å². The minimum absolute atomic E-state index is 0. The molecule has 0 amide bonds. The van der Waals surface area contributed by atoms with Gasteiger partial charge < -0.3 is 9.84 Å². The van der Waals surface area contributed by atoms with Crippen LogP contribution in [0.3, 0.4) is 0 Å². The second-order valence-electron chi connectivity index (χ2n) is 3.95. The van der Waals surface area contributed by atoms with Crippen molar-refractivity contribution in [2.24, 2.45) is 0 Å². The van der Waals surface area contributed by atoms with Crippen molar-refractivity contribution in [3.05, 3.63) is 22.9 Å². The average molecular weight is 303 g/mol. The van der Waals surface area contributed by atoms with E-state index in [0.29, 0.717) is 6.61 Å². The third-order valence-electron chi connectivity index (χ3n) is 2.38. The van der Waals surface area contributed by atoms with Crippen LogP contribution >= 0.6 is 0 Å². The summed E-state index contributed by atoms with van der Waals surface area (Å²) >= 11 is 0. The Morgan fingerprint density at radius 1 is 1.22 bits per heavy atom. The number of ether oxygens (including phenoxy) is 1. The first kappa shape index (κ1) is 19.4. The molecule has 0 aliphatic heterocycles. The van der Waals surface area contributed by atoms with E-state index in [9.17, 15) is 4.79 Å². The van der Waals surface area contributed by atoms with Gasteiger partial charge in [-0.2, -0.15) is 0 Å². The van der Waals surface area contributed by atoms with E-state index in [2.05, 4.69) is 11.8 Å². The number of rotatable bonds is 8. The SMILES string of the molecule is [C-]#[N+]/C(C(=O)OCCCCCCCC)=C(\C)O.[Cu]. The van der Waals surface area contributed by atoms with E-state index in [-0.39, 0.29) is 28.5 Å². The van der Waals surface area contributed by atoms with Crippen molar-refractivity contribution in [3.8, 4) is 0 Å². The number of aliphatic hydroxyl groups is 1. The Morgan fingerprint density at radius 3 is 2.28 bits per heavy atom. The molecule has 107 valence electrons. The number of nitrogens with zero attached hydrogens (tertiary/aromatic N) is 1. The molecule has 0 aliphatic carbocycles. The Balaban J connectivity index is 0. The summed E-state index contributed by atoms with van der Waals surface area (Å²) in [7, 11) is 0. The molecule has 5 heteroatoms. The Bertz CT molecular complexity index is 304. The van der Waals surface area contributed by atoms with Crippen molar-refractivity contribution in [1.29, 1.82) is 0 Å². The maximum atomic E-state index is 11.3. The fraction of sp³-hybridized carbons (Fsp3) is 0.692. The standard InChI is InChI=1S/C13H21NO3.Cu/c1-4-5-6-7-8-9-10-17-13(16)12(14-3)11(2)15;/h15H,4-10H2,1-2H3;/b12-11+;. The topological polar surface area (TPSA) is 50.9 Å². The minimum Gasteiger partial charge on any atom is -0.523 e. The fourth-order valence-corrected chi connectivity index (χ4v) is 1.39. The summed E-state index contributed by atoms with van der Waals surface area (Å²) in [4.78, 5) is 14.2. The largest absolute Gasteiger partial charge is 0.523 e. The van der Waals surface area contributed by atoms with Crippen LogP contribution in [-0.2, 0) is 26.6 Å². The van der Waals surface area contributed by atoms with Crippen LogP contribution in [0, 0.1) is 6.57 Å². The molecule has 0 atom stereocenters.